The van der Waals surface area contributed by atoms with Gasteiger partial charge in [-0.2, -0.15) is 0 Å². The summed E-state index contributed by atoms with van der Waals surface area (Å²) < 4.78 is 0. The number of aliphatic hydroxyl groups excluding tert-OH is 1. The van der Waals surface area contributed by atoms with E-state index in [-0.39, 0.29) is 23.4 Å². The van der Waals surface area contributed by atoms with Crippen molar-refractivity contribution in [3.8, 4) is 0 Å². The van der Waals surface area contributed by atoms with Gasteiger partial charge in [-0.3, -0.25) is 4.79 Å². The molecule has 0 aromatic heterocycles. The normalized spacial score (nSPS) is 35.1. The Morgan fingerprint density at radius 1 is 1.20 bits per heavy atom. The maximum atomic E-state index is 12.9. The van der Waals surface area contributed by atoms with Crippen LogP contribution in [-0.4, -0.2) is 39.4 Å². The summed E-state index contributed by atoms with van der Waals surface area (Å²) in [5, 5.41) is 9.90. The van der Waals surface area contributed by atoms with E-state index in [0.717, 1.165) is 32.1 Å². The minimum absolute atomic E-state index is 0.0470. The highest BCUT2D eigenvalue weighted by atomic mass is 32.2. The van der Waals surface area contributed by atoms with Gasteiger partial charge in [-0.15, -0.1) is 11.8 Å². The second-order valence-electron chi connectivity index (χ2n) is 6.17. The predicted octanol–water partition coefficient (Wildman–Crippen LogP) is 2.22. The number of nitrogens with zero attached hydrogens (tertiary/aromatic N) is 1. The second-order valence-corrected chi connectivity index (χ2v) is 7.42. The predicted molar refractivity (Wildman–Crippen MR) is 78.7 cm³/mol. The molecular formula is C16H19NO2S. The summed E-state index contributed by atoms with van der Waals surface area (Å²) in [6, 6.07) is 8.89. The Bertz CT molecular complexity index is 508. The van der Waals surface area contributed by atoms with E-state index < -0.39 is 0 Å². The number of benzene rings is 1. The average Bonchev–Trinajstić information content (AvgIpc) is 2.98. The minimum Gasteiger partial charge on any atom is -0.393 e. The van der Waals surface area contributed by atoms with Crippen LogP contribution in [0.15, 0.2) is 29.2 Å². The molecule has 2 bridgehead atoms. The Morgan fingerprint density at radius 2 is 1.90 bits per heavy atom. The van der Waals surface area contributed by atoms with Crippen LogP contribution in [-0.2, 0) is 11.2 Å². The highest BCUT2D eigenvalue weighted by Crippen LogP contribution is 2.42. The molecule has 0 radical (unpaired) electrons. The molecule has 1 aromatic rings. The molecule has 3 heterocycles. The molecule has 4 heteroatoms. The van der Waals surface area contributed by atoms with E-state index in [2.05, 4.69) is 17.0 Å². The molecule has 1 aromatic carbocycles. The van der Waals surface area contributed by atoms with E-state index in [0.29, 0.717) is 5.91 Å². The third-order valence-electron chi connectivity index (χ3n) is 4.89. The first-order chi connectivity index (χ1) is 9.72. The molecule has 106 valence electrons. The molecule has 3 aliphatic rings. The van der Waals surface area contributed by atoms with Crippen LogP contribution in [0.25, 0.3) is 0 Å². The van der Waals surface area contributed by atoms with E-state index in [9.17, 15) is 9.90 Å². The van der Waals surface area contributed by atoms with Crippen LogP contribution < -0.4 is 0 Å². The van der Waals surface area contributed by atoms with Gasteiger partial charge in [0.1, 0.15) is 0 Å². The number of rotatable bonds is 1. The lowest BCUT2D eigenvalue weighted by atomic mass is 9.99. The Morgan fingerprint density at radius 3 is 2.60 bits per heavy atom. The number of carbonyl (C=O) groups is 1. The van der Waals surface area contributed by atoms with E-state index >= 15 is 0 Å². The highest BCUT2D eigenvalue weighted by molar-refractivity contribution is 8.01. The van der Waals surface area contributed by atoms with E-state index in [4.69, 9.17) is 0 Å². The number of fused-ring (bicyclic) bond motifs is 3. The van der Waals surface area contributed by atoms with E-state index in [1.807, 2.05) is 12.1 Å². The fourth-order valence-corrected chi connectivity index (χ4v) is 5.25. The third kappa shape index (κ3) is 1.97. The summed E-state index contributed by atoms with van der Waals surface area (Å²) in [4.78, 5) is 16.2. The van der Waals surface area contributed by atoms with Crippen molar-refractivity contribution in [1.82, 2.24) is 4.90 Å². The van der Waals surface area contributed by atoms with Crippen LogP contribution in [0, 0.1) is 0 Å². The average molecular weight is 289 g/mol. The topological polar surface area (TPSA) is 40.5 Å². The monoisotopic (exact) mass is 289 g/mol. The molecule has 20 heavy (non-hydrogen) atoms. The molecule has 3 aliphatic heterocycles. The van der Waals surface area contributed by atoms with Crippen molar-refractivity contribution in [2.75, 3.05) is 0 Å². The van der Waals surface area contributed by atoms with Gasteiger partial charge in [-0.05, 0) is 43.7 Å². The molecule has 3 unspecified atom stereocenters. The lowest BCUT2D eigenvalue weighted by Gasteiger charge is -2.38. The van der Waals surface area contributed by atoms with Gasteiger partial charge in [0, 0.05) is 17.0 Å². The summed E-state index contributed by atoms with van der Waals surface area (Å²) in [6.45, 7) is 0. The molecule has 2 fully saturated rings. The zero-order chi connectivity index (χ0) is 13.7. The van der Waals surface area contributed by atoms with Crippen molar-refractivity contribution in [1.29, 1.82) is 0 Å². The molecule has 0 saturated carbocycles. The van der Waals surface area contributed by atoms with Gasteiger partial charge < -0.3 is 10.0 Å². The Labute approximate surface area is 123 Å². The number of thioether (sulfide) groups is 1. The van der Waals surface area contributed by atoms with Gasteiger partial charge >= 0.3 is 0 Å². The van der Waals surface area contributed by atoms with Crippen molar-refractivity contribution in [3.05, 3.63) is 29.8 Å². The number of hydrogen-bond donors (Lipinski definition) is 1. The molecular weight excluding hydrogens is 270 g/mol. The first kappa shape index (κ1) is 12.7. The molecule has 0 spiro atoms. The summed E-state index contributed by atoms with van der Waals surface area (Å²) in [5.41, 5.74) is 1.31. The maximum absolute atomic E-state index is 12.9. The van der Waals surface area contributed by atoms with Gasteiger partial charge in [0.05, 0.1) is 11.4 Å². The Hall–Kier alpha value is -1.00. The maximum Gasteiger partial charge on any atom is 0.236 e. The lowest BCUT2D eigenvalue weighted by Crippen LogP contribution is -2.50. The first-order valence-corrected chi connectivity index (χ1v) is 8.35. The fourth-order valence-electron chi connectivity index (χ4n) is 3.99. The zero-order valence-electron chi connectivity index (χ0n) is 11.4. The Balaban J connectivity index is 1.52. The van der Waals surface area contributed by atoms with Crippen molar-refractivity contribution in [2.45, 2.75) is 60.4 Å². The SMILES string of the molecule is O=C(C1Cc2ccccc2S1)N1C2CCC1CC(O)C2. The van der Waals surface area contributed by atoms with Crippen molar-refractivity contribution < 1.29 is 9.90 Å². The van der Waals surface area contributed by atoms with E-state index in [1.54, 1.807) is 11.8 Å². The lowest BCUT2D eigenvalue weighted by molar-refractivity contribution is -0.136. The molecule has 1 N–H and O–H groups in total. The summed E-state index contributed by atoms with van der Waals surface area (Å²) in [6.07, 6.45) is 4.33. The summed E-state index contributed by atoms with van der Waals surface area (Å²) >= 11 is 1.72. The van der Waals surface area contributed by atoms with Gasteiger partial charge in [0.25, 0.3) is 0 Å². The number of carbonyl (C=O) groups excluding carboxylic acids is 1. The molecule has 3 nitrogen and oxygen atoms in total. The van der Waals surface area contributed by atoms with Crippen LogP contribution in [0.1, 0.15) is 31.2 Å². The number of aliphatic hydroxyl groups is 1. The van der Waals surface area contributed by atoms with Crippen LogP contribution in [0.2, 0.25) is 0 Å². The minimum atomic E-state index is -0.204. The second kappa shape index (κ2) is 4.78. The molecule has 0 aliphatic carbocycles. The van der Waals surface area contributed by atoms with Crippen LogP contribution >= 0.6 is 11.8 Å². The summed E-state index contributed by atoms with van der Waals surface area (Å²) in [7, 11) is 0. The van der Waals surface area contributed by atoms with Crippen LogP contribution in [0.5, 0.6) is 0 Å². The van der Waals surface area contributed by atoms with Gasteiger partial charge in [-0.25, -0.2) is 0 Å². The van der Waals surface area contributed by atoms with Crippen molar-refractivity contribution in [3.63, 3.8) is 0 Å². The van der Waals surface area contributed by atoms with E-state index in [1.165, 1.54) is 10.5 Å². The zero-order valence-corrected chi connectivity index (χ0v) is 12.2. The van der Waals surface area contributed by atoms with Crippen LogP contribution in [0.4, 0.5) is 0 Å². The largest absolute Gasteiger partial charge is 0.393 e. The Kier molecular flexibility index (Phi) is 3.04. The molecule has 2 saturated heterocycles. The first-order valence-electron chi connectivity index (χ1n) is 7.47. The van der Waals surface area contributed by atoms with Gasteiger partial charge in [0.2, 0.25) is 5.91 Å². The number of hydrogen-bond acceptors (Lipinski definition) is 3. The third-order valence-corrected chi connectivity index (χ3v) is 6.19. The number of piperidine rings is 1. The fraction of sp³-hybridized carbons (Fsp3) is 0.562. The standard InChI is InChI=1S/C16H19NO2S/c18-13-8-11-5-6-12(9-13)17(11)16(19)15-7-10-3-1-2-4-14(10)20-15/h1-4,11-13,15,18H,5-9H2. The summed E-state index contributed by atoms with van der Waals surface area (Å²) in [5.74, 6) is 0.297. The molecule has 3 atom stereocenters. The quantitative estimate of drug-likeness (QED) is 0.862. The molecule has 1 amide bonds. The van der Waals surface area contributed by atoms with Crippen molar-refractivity contribution in [2.24, 2.45) is 0 Å². The van der Waals surface area contributed by atoms with Crippen molar-refractivity contribution >= 4 is 17.7 Å². The number of amides is 1. The smallest absolute Gasteiger partial charge is 0.236 e. The molecule has 4 rings (SSSR count). The van der Waals surface area contributed by atoms with Gasteiger partial charge in [-0.1, -0.05) is 18.2 Å². The van der Waals surface area contributed by atoms with Crippen LogP contribution in [0.3, 0.4) is 0 Å². The van der Waals surface area contributed by atoms with Gasteiger partial charge in [0.15, 0.2) is 0 Å². The highest BCUT2D eigenvalue weighted by Gasteiger charge is 2.45.